The predicted molar refractivity (Wildman–Crippen MR) is 106 cm³/mol. The number of thiazole rings is 1. The molecule has 9 heteroatoms. The van der Waals surface area contributed by atoms with Crippen LogP contribution >= 0.6 is 11.3 Å². The third kappa shape index (κ3) is 6.36. The third-order valence-electron chi connectivity index (χ3n) is 3.77. The van der Waals surface area contributed by atoms with Crippen LogP contribution in [0.5, 0.6) is 0 Å². The van der Waals surface area contributed by atoms with E-state index in [0.29, 0.717) is 12.5 Å². The number of carbonyl (C=O) groups excluding carboxylic acids is 1. The number of carbonyl (C=O) groups is 1. The number of guanidine groups is 1. The van der Waals surface area contributed by atoms with Gasteiger partial charge in [-0.2, -0.15) is 0 Å². The Labute approximate surface area is 159 Å². The van der Waals surface area contributed by atoms with Crippen LogP contribution in [0.15, 0.2) is 16.6 Å². The zero-order valence-corrected chi connectivity index (χ0v) is 17.1. The van der Waals surface area contributed by atoms with Gasteiger partial charge < -0.3 is 25.6 Å². The molecule has 1 amide bonds. The van der Waals surface area contributed by atoms with E-state index in [2.05, 4.69) is 25.1 Å². The predicted octanol–water partition coefficient (Wildman–Crippen LogP) is 1.88. The summed E-state index contributed by atoms with van der Waals surface area (Å²) in [6, 6.07) is 0. The summed E-state index contributed by atoms with van der Waals surface area (Å²) in [6.45, 7) is 13.0. The van der Waals surface area contributed by atoms with Crippen LogP contribution in [0.1, 0.15) is 34.6 Å². The maximum absolute atomic E-state index is 11.9. The molecule has 1 fully saturated rings. The number of nitrogens with zero attached hydrogens (tertiary/aromatic N) is 4. The lowest BCUT2D eigenvalue weighted by atomic mass is 10.1. The number of nitrogens with one attached hydrogen (secondary N) is 1. The first-order valence-electron chi connectivity index (χ1n) is 8.76. The fraction of sp³-hybridized carbons (Fsp3) is 0.706. The fourth-order valence-corrected chi connectivity index (χ4v) is 3.19. The smallest absolute Gasteiger partial charge is 0.408 e. The second-order valence-electron chi connectivity index (χ2n) is 7.97. The molecule has 2 rings (SSSR count). The zero-order valence-electron chi connectivity index (χ0n) is 16.3. The average molecular weight is 383 g/mol. The molecule has 0 atom stereocenters. The van der Waals surface area contributed by atoms with E-state index in [0.717, 1.165) is 31.3 Å². The van der Waals surface area contributed by atoms with Crippen molar-refractivity contribution in [2.45, 2.75) is 45.8 Å². The molecule has 1 aromatic rings. The Bertz CT molecular complexity index is 616. The summed E-state index contributed by atoms with van der Waals surface area (Å²) in [7, 11) is 0. The summed E-state index contributed by atoms with van der Waals surface area (Å²) >= 11 is 1.64. The van der Waals surface area contributed by atoms with Crippen LogP contribution in [-0.2, 0) is 4.74 Å². The second kappa shape index (κ2) is 8.11. The molecule has 0 spiro atoms. The number of piperazine rings is 1. The molecule has 146 valence electrons. The van der Waals surface area contributed by atoms with Crippen molar-refractivity contribution < 1.29 is 9.53 Å². The highest BCUT2D eigenvalue weighted by Gasteiger charge is 2.25. The van der Waals surface area contributed by atoms with Gasteiger partial charge in [0.2, 0.25) is 0 Å². The average Bonchev–Trinajstić information content (AvgIpc) is 3.05. The van der Waals surface area contributed by atoms with Crippen LogP contribution in [0.4, 0.5) is 9.93 Å². The first-order chi connectivity index (χ1) is 12.1. The summed E-state index contributed by atoms with van der Waals surface area (Å²) < 4.78 is 5.29. The molecule has 3 N–H and O–H groups in total. The summed E-state index contributed by atoms with van der Waals surface area (Å²) in [5.74, 6) is 0.503. The quantitative estimate of drug-likeness (QED) is 0.610. The topological polar surface area (TPSA) is 96.1 Å². The van der Waals surface area contributed by atoms with Gasteiger partial charge in [0.1, 0.15) is 5.60 Å². The maximum Gasteiger partial charge on any atom is 0.408 e. The molecule has 26 heavy (non-hydrogen) atoms. The van der Waals surface area contributed by atoms with Gasteiger partial charge in [0, 0.05) is 37.8 Å². The number of hydrogen-bond donors (Lipinski definition) is 2. The summed E-state index contributed by atoms with van der Waals surface area (Å²) in [5.41, 5.74) is 5.08. The summed E-state index contributed by atoms with van der Waals surface area (Å²) in [5, 5.41) is 5.87. The Balaban J connectivity index is 1.82. The number of ether oxygens (including phenoxy) is 1. The Kier molecular flexibility index (Phi) is 6.33. The van der Waals surface area contributed by atoms with Gasteiger partial charge in [0.25, 0.3) is 0 Å². The largest absolute Gasteiger partial charge is 0.444 e. The molecule has 2 heterocycles. The number of nitrogens with two attached hydrogens (primary N) is 1. The lowest BCUT2D eigenvalue weighted by molar-refractivity contribution is 0.0476. The molecule has 1 aliphatic heterocycles. The zero-order chi connectivity index (χ0) is 19.4. The SMILES string of the molecule is CC(C)(CN=C(N)N1CCN(c2nccs2)CC1)NC(=O)OC(C)(C)C. The Morgan fingerprint density at radius 1 is 1.31 bits per heavy atom. The number of alkyl carbamates (subject to hydrolysis) is 1. The van der Waals surface area contributed by atoms with Crippen LogP contribution < -0.4 is 16.0 Å². The molecule has 0 bridgehead atoms. The van der Waals surface area contributed by atoms with Crippen LogP contribution in [0.2, 0.25) is 0 Å². The van der Waals surface area contributed by atoms with Crippen LogP contribution in [-0.4, -0.2) is 65.8 Å². The van der Waals surface area contributed by atoms with Crippen molar-refractivity contribution in [3.05, 3.63) is 11.6 Å². The number of hydrogen-bond acceptors (Lipinski definition) is 6. The molecule has 0 aromatic carbocycles. The molecule has 1 saturated heterocycles. The highest BCUT2D eigenvalue weighted by molar-refractivity contribution is 7.13. The van der Waals surface area contributed by atoms with Gasteiger partial charge in [-0.05, 0) is 34.6 Å². The van der Waals surface area contributed by atoms with E-state index in [4.69, 9.17) is 10.5 Å². The molecule has 0 radical (unpaired) electrons. The van der Waals surface area contributed by atoms with E-state index >= 15 is 0 Å². The minimum Gasteiger partial charge on any atom is -0.444 e. The number of rotatable bonds is 4. The lowest BCUT2D eigenvalue weighted by Gasteiger charge is -2.35. The first kappa shape index (κ1) is 20.3. The monoisotopic (exact) mass is 382 g/mol. The molecule has 0 saturated carbocycles. The first-order valence-corrected chi connectivity index (χ1v) is 9.64. The van der Waals surface area contributed by atoms with Crippen molar-refractivity contribution in [3.8, 4) is 0 Å². The van der Waals surface area contributed by atoms with Crippen LogP contribution in [0.25, 0.3) is 0 Å². The van der Waals surface area contributed by atoms with Gasteiger partial charge in [0.05, 0.1) is 12.1 Å². The highest BCUT2D eigenvalue weighted by atomic mass is 32.1. The van der Waals surface area contributed by atoms with Crippen molar-refractivity contribution in [1.29, 1.82) is 0 Å². The van der Waals surface area contributed by atoms with E-state index in [1.54, 1.807) is 11.3 Å². The van der Waals surface area contributed by atoms with E-state index in [-0.39, 0.29) is 0 Å². The number of aliphatic imine (C=N–C) groups is 1. The van der Waals surface area contributed by atoms with Crippen molar-refractivity contribution in [2.75, 3.05) is 37.6 Å². The van der Waals surface area contributed by atoms with E-state index in [1.807, 2.05) is 46.2 Å². The van der Waals surface area contributed by atoms with Crippen molar-refractivity contribution in [3.63, 3.8) is 0 Å². The van der Waals surface area contributed by atoms with Crippen LogP contribution in [0.3, 0.4) is 0 Å². The molecular weight excluding hydrogens is 352 g/mol. The standard InChI is InChI=1S/C17H30N6O2S/c1-16(2,3)25-15(24)21-17(4,5)12-20-13(18)22-7-9-23(10-8-22)14-19-6-11-26-14/h6,11H,7-10,12H2,1-5H3,(H2,18,20)(H,21,24). The van der Waals surface area contributed by atoms with Gasteiger partial charge >= 0.3 is 6.09 Å². The second-order valence-corrected chi connectivity index (χ2v) is 8.85. The fourth-order valence-electron chi connectivity index (χ4n) is 2.50. The highest BCUT2D eigenvalue weighted by Crippen LogP contribution is 2.18. The van der Waals surface area contributed by atoms with Gasteiger partial charge in [-0.1, -0.05) is 0 Å². The normalized spacial score (nSPS) is 16.6. The number of amides is 1. The third-order valence-corrected chi connectivity index (χ3v) is 4.60. The van der Waals surface area contributed by atoms with Crippen molar-refractivity contribution in [1.82, 2.24) is 15.2 Å². The summed E-state index contributed by atoms with van der Waals surface area (Å²) in [4.78, 5) is 25.1. The van der Waals surface area contributed by atoms with Crippen LogP contribution in [0, 0.1) is 0 Å². The molecular formula is C17H30N6O2S. The molecule has 0 unspecified atom stereocenters. The summed E-state index contributed by atoms with van der Waals surface area (Å²) in [6.07, 6.45) is 1.37. The van der Waals surface area contributed by atoms with Gasteiger partial charge in [-0.3, -0.25) is 4.99 Å². The van der Waals surface area contributed by atoms with Gasteiger partial charge in [-0.25, -0.2) is 9.78 Å². The molecule has 0 aliphatic carbocycles. The van der Waals surface area contributed by atoms with Gasteiger partial charge in [0.15, 0.2) is 11.1 Å². The lowest BCUT2D eigenvalue weighted by Crippen LogP contribution is -2.52. The Morgan fingerprint density at radius 3 is 2.50 bits per heavy atom. The minimum atomic E-state index is -0.546. The van der Waals surface area contributed by atoms with E-state index in [1.165, 1.54) is 0 Å². The molecule has 1 aliphatic rings. The van der Waals surface area contributed by atoms with Crippen molar-refractivity contribution >= 4 is 28.5 Å². The minimum absolute atomic E-state index is 0.380. The number of aromatic nitrogens is 1. The van der Waals surface area contributed by atoms with E-state index in [9.17, 15) is 4.79 Å². The molecule has 1 aromatic heterocycles. The number of anilines is 1. The van der Waals surface area contributed by atoms with Gasteiger partial charge in [-0.15, -0.1) is 11.3 Å². The Hall–Kier alpha value is -2.03. The molecule has 8 nitrogen and oxygen atoms in total. The Morgan fingerprint density at radius 2 is 1.96 bits per heavy atom. The van der Waals surface area contributed by atoms with Crippen molar-refractivity contribution in [2.24, 2.45) is 10.7 Å². The van der Waals surface area contributed by atoms with E-state index < -0.39 is 17.2 Å². The maximum atomic E-state index is 11.9.